The van der Waals surface area contributed by atoms with E-state index in [9.17, 15) is 9.59 Å². The van der Waals surface area contributed by atoms with Crippen LogP contribution < -0.4 is 15.4 Å². The Bertz CT molecular complexity index is 873. The molecule has 2 aromatic carbocycles. The van der Waals surface area contributed by atoms with E-state index in [0.717, 1.165) is 6.42 Å². The van der Waals surface area contributed by atoms with Gasteiger partial charge in [-0.25, -0.2) is 4.79 Å². The maximum Gasteiger partial charge on any atom is 0.335 e. The Balaban J connectivity index is 2.06. The highest BCUT2D eigenvalue weighted by Gasteiger charge is 2.12. The topological polar surface area (TPSA) is 87.7 Å². The van der Waals surface area contributed by atoms with E-state index >= 15 is 0 Å². The molecule has 0 aliphatic rings. The summed E-state index contributed by atoms with van der Waals surface area (Å²) in [5.41, 5.74) is 0.715. The smallest absolute Gasteiger partial charge is 0.335 e. The molecule has 2 rings (SSSR count). The molecular weight excluding hydrogens is 388 g/mol. The number of anilines is 1. The fourth-order valence-electron chi connectivity index (χ4n) is 2.11. The van der Waals surface area contributed by atoms with Crippen molar-refractivity contribution in [1.82, 2.24) is 5.32 Å². The molecule has 8 heteroatoms. The van der Waals surface area contributed by atoms with E-state index in [1.807, 2.05) is 13.8 Å². The van der Waals surface area contributed by atoms with Crippen LogP contribution in [0.4, 0.5) is 5.69 Å². The lowest BCUT2D eigenvalue weighted by Gasteiger charge is -2.14. The molecule has 3 N–H and O–H groups in total. The predicted octanol–water partition coefficient (Wildman–Crippen LogP) is 4.34. The maximum atomic E-state index is 12.4. The van der Waals surface area contributed by atoms with Crippen LogP contribution in [0.2, 0.25) is 5.02 Å². The zero-order valence-electron chi connectivity index (χ0n) is 14.8. The first kappa shape index (κ1) is 20.7. The lowest BCUT2D eigenvalue weighted by atomic mass is 10.2. The quantitative estimate of drug-likeness (QED) is 0.618. The summed E-state index contributed by atoms with van der Waals surface area (Å²) in [7, 11) is 0. The average molecular weight is 407 g/mol. The van der Waals surface area contributed by atoms with E-state index in [2.05, 4.69) is 10.6 Å². The second kappa shape index (κ2) is 9.34. The Kier molecular flexibility index (Phi) is 7.15. The van der Waals surface area contributed by atoms with Crippen LogP contribution in [0.25, 0.3) is 0 Å². The second-order valence-electron chi connectivity index (χ2n) is 5.77. The molecule has 2 aromatic rings. The predicted molar refractivity (Wildman–Crippen MR) is 109 cm³/mol. The number of rotatable bonds is 6. The molecule has 1 unspecified atom stereocenters. The normalized spacial score (nSPS) is 11.4. The first-order valence-electron chi connectivity index (χ1n) is 8.22. The summed E-state index contributed by atoms with van der Waals surface area (Å²) in [5, 5.41) is 14.6. The summed E-state index contributed by atoms with van der Waals surface area (Å²) in [6, 6.07) is 10.9. The summed E-state index contributed by atoms with van der Waals surface area (Å²) < 4.78 is 5.70. The number of hydrogen-bond donors (Lipinski definition) is 3. The Morgan fingerprint density at radius 1 is 1.22 bits per heavy atom. The van der Waals surface area contributed by atoms with Crippen molar-refractivity contribution < 1.29 is 19.4 Å². The van der Waals surface area contributed by atoms with E-state index < -0.39 is 11.9 Å². The number of aromatic carboxylic acids is 1. The van der Waals surface area contributed by atoms with Crippen molar-refractivity contribution in [2.24, 2.45) is 0 Å². The molecule has 0 fully saturated rings. The zero-order chi connectivity index (χ0) is 20.0. The van der Waals surface area contributed by atoms with Gasteiger partial charge in [0.25, 0.3) is 5.91 Å². The molecule has 0 aromatic heterocycles. The first-order valence-corrected chi connectivity index (χ1v) is 9.00. The van der Waals surface area contributed by atoms with Crippen molar-refractivity contribution in [3.8, 4) is 5.75 Å². The monoisotopic (exact) mass is 406 g/mol. The highest BCUT2D eigenvalue weighted by Crippen LogP contribution is 2.23. The number of thiocarbonyl (C=S) groups is 1. The third kappa shape index (κ3) is 5.94. The summed E-state index contributed by atoms with van der Waals surface area (Å²) in [4.78, 5) is 23.4. The SMILES string of the molecule is CCC(C)Oc1cccc(C(=O)NC(=S)Nc2cc(C(=O)O)ccc2Cl)c1. The highest BCUT2D eigenvalue weighted by atomic mass is 35.5. The molecule has 1 amide bonds. The van der Waals surface area contributed by atoms with Gasteiger partial charge in [0, 0.05) is 5.56 Å². The molecule has 142 valence electrons. The molecule has 1 atom stereocenters. The fourth-order valence-corrected chi connectivity index (χ4v) is 2.48. The van der Waals surface area contributed by atoms with E-state index in [-0.39, 0.29) is 27.5 Å². The summed E-state index contributed by atoms with van der Waals surface area (Å²) >= 11 is 11.2. The standard InChI is InChI=1S/C19H19ClN2O4S/c1-3-11(2)26-14-6-4-5-12(9-14)17(23)22-19(27)21-16-10-13(18(24)25)7-8-15(16)20/h4-11H,3H2,1-2H3,(H,24,25)(H2,21,22,23,27). The van der Waals surface area contributed by atoms with Crippen LogP contribution in [0.15, 0.2) is 42.5 Å². The Labute approximate surface area is 167 Å². The minimum atomic E-state index is -1.09. The van der Waals surface area contributed by atoms with Crippen LogP contribution in [-0.4, -0.2) is 28.2 Å². The van der Waals surface area contributed by atoms with Crippen molar-refractivity contribution in [1.29, 1.82) is 0 Å². The van der Waals surface area contributed by atoms with Gasteiger partial charge in [0.15, 0.2) is 5.11 Å². The van der Waals surface area contributed by atoms with Crippen LogP contribution in [-0.2, 0) is 0 Å². The van der Waals surface area contributed by atoms with Crippen LogP contribution in [0.5, 0.6) is 5.75 Å². The van der Waals surface area contributed by atoms with Crippen molar-refractivity contribution >= 4 is 46.5 Å². The molecule has 27 heavy (non-hydrogen) atoms. The van der Waals surface area contributed by atoms with Crippen molar-refractivity contribution in [2.75, 3.05) is 5.32 Å². The van der Waals surface area contributed by atoms with Gasteiger partial charge in [-0.3, -0.25) is 10.1 Å². The van der Waals surface area contributed by atoms with Gasteiger partial charge in [0.1, 0.15) is 5.75 Å². The number of amides is 1. The highest BCUT2D eigenvalue weighted by molar-refractivity contribution is 7.80. The number of carbonyl (C=O) groups is 2. The number of hydrogen-bond acceptors (Lipinski definition) is 4. The number of benzene rings is 2. The number of carbonyl (C=O) groups excluding carboxylic acids is 1. The number of ether oxygens (including phenoxy) is 1. The van der Waals surface area contributed by atoms with Crippen molar-refractivity contribution in [3.63, 3.8) is 0 Å². The van der Waals surface area contributed by atoms with Gasteiger partial charge in [-0.1, -0.05) is 24.6 Å². The van der Waals surface area contributed by atoms with Gasteiger partial charge in [-0.15, -0.1) is 0 Å². The van der Waals surface area contributed by atoms with Gasteiger partial charge in [0.05, 0.1) is 22.4 Å². The number of carboxylic acid groups (broad SMARTS) is 1. The first-order chi connectivity index (χ1) is 12.8. The third-order valence-corrected chi connectivity index (χ3v) is 4.23. The Morgan fingerprint density at radius 3 is 2.63 bits per heavy atom. The molecule has 0 saturated carbocycles. The molecule has 0 heterocycles. The van der Waals surface area contributed by atoms with Crippen LogP contribution in [0, 0.1) is 0 Å². The van der Waals surface area contributed by atoms with Gasteiger partial charge in [0.2, 0.25) is 0 Å². The van der Waals surface area contributed by atoms with Crippen LogP contribution in [0.3, 0.4) is 0 Å². The second-order valence-corrected chi connectivity index (χ2v) is 6.59. The lowest BCUT2D eigenvalue weighted by molar-refractivity contribution is 0.0696. The van der Waals surface area contributed by atoms with E-state index in [1.165, 1.54) is 18.2 Å². The number of carboxylic acids is 1. The minimum Gasteiger partial charge on any atom is -0.491 e. The molecule has 0 spiro atoms. The van der Waals surface area contributed by atoms with E-state index in [4.69, 9.17) is 33.7 Å². The van der Waals surface area contributed by atoms with Gasteiger partial charge in [-0.05, 0) is 62.0 Å². The van der Waals surface area contributed by atoms with Crippen LogP contribution in [0.1, 0.15) is 41.0 Å². The summed E-state index contributed by atoms with van der Waals surface area (Å²) in [5.74, 6) is -0.927. The van der Waals surface area contributed by atoms with Crippen molar-refractivity contribution in [3.05, 3.63) is 58.6 Å². The summed E-state index contributed by atoms with van der Waals surface area (Å²) in [6.45, 7) is 3.95. The number of halogens is 1. The molecule has 0 radical (unpaired) electrons. The molecule has 0 saturated heterocycles. The Morgan fingerprint density at radius 2 is 1.96 bits per heavy atom. The molecule has 0 aliphatic carbocycles. The third-order valence-electron chi connectivity index (χ3n) is 3.70. The molecule has 6 nitrogen and oxygen atoms in total. The minimum absolute atomic E-state index is 0.00214. The summed E-state index contributed by atoms with van der Waals surface area (Å²) in [6.07, 6.45) is 0.885. The number of nitrogens with one attached hydrogen (secondary N) is 2. The van der Waals surface area contributed by atoms with Gasteiger partial charge >= 0.3 is 5.97 Å². The maximum absolute atomic E-state index is 12.4. The van der Waals surface area contributed by atoms with Gasteiger partial charge < -0.3 is 15.2 Å². The molecule has 0 aliphatic heterocycles. The average Bonchev–Trinajstić information content (AvgIpc) is 2.63. The van der Waals surface area contributed by atoms with E-state index in [1.54, 1.807) is 24.3 Å². The van der Waals surface area contributed by atoms with Gasteiger partial charge in [-0.2, -0.15) is 0 Å². The van der Waals surface area contributed by atoms with Crippen LogP contribution >= 0.6 is 23.8 Å². The van der Waals surface area contributed by atoms with Crippen molar-refractivity contribution in [2.45, 2.75) is 26.4 Å². The molecule has 0 bridgehead atoms. The lowest BCUT2D eigenvalue weighted by Crippen LogP contribution is -2.34. The van der Waals surface area contributed by atoms with E-state index in [0.29, 0.717) is 11.3 Å². The molecular formula is C19H19ClN2O4S. The zero-order valence-corrected chi connectivity index (χ0v) is 16.4. The fraction of sp³-hybridized carbons (Fsp3) is 0.211. The largest absolute Gasteiger partial charge is 0.491 e. The Hall–Kier alpha value is -2.64.